The maximum absolute atomic E-state index is 12.3. The number of aromatic nitrogens is 2. The monoisotopic (exact) mass is 543 g/mol. The topological polar surface area (TPSA) is 76.4 Å². The third-order valence-corrected chi connectivity index (χ3v) is 8.20. The Balaban J connectivity index is 2.03. The van der Waals surface area contributed by atoms with E-state index in [1.807, 2.05) is 31.9 Å². The summed E-state index contributed by atoms with van der Waals surface area (Å²) in [6.07, 6.45) is 26.9. The van der Waals surface area contributed by atoms with Crippen molar-refractivity contribution in [2.45, 2.75) is 116 Å². The van der Waals surface area contributed by atoms with Gasteiger partial charge in [0, 0.05) is 19.0 Å². The molecule has 37 heavy (non-hydrogen) atoms. The lowest BCUT2D eigenvalue weighted by Gasteiger charge is -2.30. The van der Waals surface area contributed by atoms with Gasteiger partial charge in [0.1, 0.15) is 7.60 Å². The van der Waals surface area contributed by atoms with E-state index in [2.05, 4.69) is 11.9 Å². The molecule has 0 radical (unpaired) electrons. The van der Waals surface area contributed by atoms with Crippen molar-refractivity contribution in [1.82, 2.24) is 9.55 Å². The molecule has 0 saturated carbocycles. The zero-order chi connectivity index (χ0) is 27.2. The van der Waals surface area contributed by atoms with Gasteiger partial charge in [0.25, 0.3) is 0 Å². The summed E-state index contributed by atoms with van der Waals surface area (Å²) in [6, 6.07) is -0.199. The predicted molar refractivity (Wildman–Crippen MR) is 153 cm³/mol. The number of hydrogen-bond acceptors (Lipinski definition) is 5. The standard InChI is InChI=1S/C29H58N3O4P/c1-5-6-7-8-9-10-11-12-13-14-15-16-17-18-19-20-24-35-26-29(31-22-21-30-28-31)27-36-37(33,34)25-23-32(2,3)4/h21-22,28-29H,5-20,23-27H2,1-4H3. The Morgan fingerprint density at radius 3 is 1.81 bits per heavy atom. The SMILES string of the molecule is CCCCCCCCCCCCCCCCCCOCC(COP(=O)([O-])CC[N+](C)(C)C)n1ccnc1. The summed E-state index contributed by atoms with van der Waals surface area (Å²) >= 11 is 0. The summed E-state index contributed by atoms with van der Waals surface area (Å²) in [5.41, 5.74) is 0. The summed E-state index contributed by atoms with van der Waals surface area (Å²) in [6.45, 7) is 3.99. The summed E-state index contributed by atoms with van der Waals surface area (Å²) in [4.78, 5) is 16.4. The van der Waals surface area contributed by atoms with Crippen LogP contribution in [0.5, 0.6) is 0 Å². The molecule has 1 aromatic rings. The lowest BCUT2D eigenvalue weighted by Crippen LogP contribution is -2.38. The molecule has 0 saturated heterocycles. The zero-order valence-corrected chi connectivity index (χ0v) is 25.5. The molecule has 1 heterocycles. The number of quaternary nitrogens is 1. The normalized spacial score (nSPS) is 14.6. The second-order valence-corrected chi connectivity index (χ2v) is 13.6. The van der Waals surface area contributed by atoms with E-state index in [1.165, 1.54) is 96.3 Å². The highest BCUT2D eigenvalue weighted by molar-refractivity contribution is 7.51. The first-order chi connectivity index (χ1) is 17.7. The van der Waals surface area contributed by atoms with Crippen molar-refractivity contribution in [1.29, 1.82) is 0 Å². The van der Waals surface area contributed by atoms with Crippen molar-refractivity contribution in [3.05, 3.63) is 18.7 Å². The van der Waals surface area contributed by atoms with E-state index in [-0.39, 0.29) is 18.8 Å². The summed E-state index contributed by atoms with van der Waals surface area (Å²) < 4.78 is 26.0. The zero-order valence-electron chi connectivity index (χ0n) is 24.6. The van der Waals surface area contributed by atoms with E-state index in [0.29, 0.717) is 24.2 Å². The Morgan fingerprint density at radius 2 is 1.35 bits per heavy atom. The van der Waals surface area contributed by atoms with Crippen LogP contribution < -0.4 is 4.89 Å². The van der Waals surface area contributed by atoms with Gasteiger partial charge in [-0.15, -0.1) is 0 Å². The summed E-state index contributed by atoms with van der Waals surface area (Å²) in [5.74, 6) is 0. The molecule has 1 aromatic heterocycles. The summed E-state index contributed by atoms with van der Waals surface area (Å²) in [7, 11) is 2.04. The Kier molecular flexibility index (Phi) is 19.6. The van der Waals surface area contributed by atoms with Crippen molar-refractivity contribution in [2.24, 2.45) is 0 Å². The van der Waals surface area contributed by atoms with Crippen LogP contribution in [0.1, 0.15) is 116 Å². The molecule has 0 aliphatic heterocycles. The second kappa shape index (κ2) is 21.1. The number of imidazole rings is 1. The number of rotatable bonds is 26. The van der Waals surface area contributed by atoms with Crippen molar-refractivity contribution in [3.8, 4) is 0 Å². The van der Waals surface area contributed by atoms with Gasteiger partial charge in [-0.3, -0.25) is 0 Å². The fourth-order valence-electron chi connectivity index (χ4n) is 4.36. The van der Waals surface area contributed by atoms with Crippen molar-refractivity contribution in [3.63, 3.8) is 0 Å². The Hall–Kier alpha value is -0.720. The molecule has 1 rings (SSSR count). The largest absolute Gasteiger partial charge is 0.778 e. The molecule has 0 bridgehead atoms. The fraction of sp³-hybridized carbons (Fsp3) is 0.897. The molecule has 2 unspecified atom stereocenters. The molecule has 0 amide bonds. The number of ether oxygens (including phenoxy) is 1. The van der Waals surface area contributed by atoms with Crippen LogP contribution in [0.3, 0.4) is 0 Å². The fourth-order valence-corrected chi connectivity index (χ4v) is 5.74. The molecule has 0 spiro atoms. The maximum Gasteiger partial charge on any atom is 0.140 e. The average molecular weight is 544 g/mol. The third kappa shape index (κ3) is 20.9. The molecule has 218 valence electrons. The number of unbranched alkanes of at least 4 members (excludes halogenated alkanes) is 15. The van der Waals surface area contributed by atoms with Crippen molar-refractivity contribution >= 4 is 7.60 Å². The minimum atomic E-state index is -3.88. The van der Waals surface area contributed by atoms with E-state index < -0.39 is 7.60 Å². The Morgan fingerprint density at radius 1 is 0.838 bits per heavy atom. The molecule has 2 atom stereocenters. The molecule has 0 aliphatic carbocycles. The first-order valence-electron chi connectivity index (χ1n) is 15.0. The van der Waals surface area contributed by atoms with Crippen LogP contribution in [0.4, 0.5) is 0 Å². The first-order valence-corrected chi connectivity index (χ1v) is 16.8. The van der Waals surface area contributed by atoms with Crippen LogP contribution in [0.2, 0.25) is 0 Å². The minimum Gasteiger partial charge on any atom is -0.778 e. The highest BCUT2D eigenvalue weighted by atomic mass is 31.2. The first kappa shape index (κ1) is 34.3. The van der Waals surface area contributed by atoms with E-state index in [4.69, 9.17) is 9.26 Å². The molecule has 0 fully saturated rings. The van der Waals surface area contributed by atoms with E-state index in [9.17, 15) is 9.46 Å². The molecular weight excluding hydrogens is 485 g/mol. The Bertz CT molecular complexity index is 679. The molecule has 0 aromatic carbocycles. The Labute approximate surface area is 228 Å². The summed E-state index contributed by atoms with van der Waals surface area (Å²) in [5, 5.41) is 0. The van der Waals surface area contributed by atoms with E-state index in [0.717, 1.165) is 6.42 Å². The van der Waals surface area contributed by atoms with Gasteiger partial charge in [0.15, 0.2) is 0 Å². The van der Waals surface area contributed by atoms with Crippen LogP contribution in [-0.4, -0.2) is 67.7 Å². The smallest absolute Gasteiger partial charge is 0.140 e. The number of hydrogen-bond donors (Lipinski definition) is 0. The third-order valence-electron chi connectivity index (χ3n) is 6.91. The van der Waals surface area contributed by atoms with Crippen LogP contribution in [-0.2, 0) is 13.8 Å². The second-order valence-electron chi connectivity index (χ2n) is 11.7. The van der Waals surface area contributed by atoms with Crippen LogP contribution in [0.15, 0.2) is 18.7 Å². The predicted octanol–water partition coefficient (Wildman–Crippen LogP) is 6.98. The van der Waals surface area contributed by atoms with Gasteiger partial charge in [-0.25, -0.2) is 4.98 Å². The van der Waals surface area contributed by atoms with Crippen molar-refractivity contribution < 1.29 is 23.2 Å². The molecular formula is C29H58N3O4P. The highest BCUT2D eigenvalue weighted by Gasteiger charge is 2.19. The van der Waals surface area contributed by atoms with Gasteiger partial charge >= 0.3 is 0 Å². The van der Waals surface area contributed by atoms with Gasteiger partial charge in [-0.1, -0.05) is 103 Å². The lowest BCUT2D eigenvalue weighted by atomic mass is 10.0. The van der Waals surface area contributed by atoms with Gasteiger partial charge in [0.2, 0.25) is 0 Å². The molecule has 0 N–H and O–H groups in total. The molecule has 0 aliphatic rings. The van der Waals surface area contributed by atoms with Gasteiger partial charge < -0.3 is 27.8 Å². The van der Waals surface area contributed by atoms with Crippen LogP contribution in [0.25, 0.3) is 0 Å². The molecule has 8 heteroatoms. The quantitative estimate of drug-likeness (QED) is 0.0716. The maximum atomic E-state index is 12.3. The van der Waals surface area contributed by atoms with E-state index in [1.54, 1.807) is 12.5 Å². The lowest BCUT2D eigenvalue weighted by molar-refractivity contribution is -0.868. The van der Waals surface area contributed by atoms with E-state index >= 15 is 0 Å². The van der Waals surface area contributed by atoms with Crippen LogP contribution in [0, 0.1) is 0 Å². The van der Waals surface area contributed by atoms with Gasteiger partial charge in [-0.05, 0) is 6.42 Å². The average Bonchev–Trinajstić information content (AvgIpc) is 3.38. The van der Waals surface area contributed by atoms with Crippen LogP contribution >= 0.6 is 7.60 Å². The van der Waals surface area contributed by atoms with Gasteiger partial charge in [0.05, 0.1) is 59.4 Å². The minimum absolute atomic E-state index is 0.0349. The van der Waals surface area contributed by atoms with Crippen molar-refractivity contribution in [2.75, 3.05) is 53.7 Å². The van der Waals surface area contributed by atoms with Gasteiger partial charge in [-0.2, -0.15) is 0 Å². The highest BCUT2D eigenvalue weighted by Crippen LogP contribution is 2.37. The number of nitrogens with zero attached hydrogens (tertiary/aromatic N) is 3. The molecule has 7 nitrogen and oxygen atoms in total.